The van der Waals surface area contributed by atoms with Crippen molar-refractivity contribution in [3.8, 4) is 0 Å². The normalized spacial score (nSPS) is 12.4. The smallest absolute Gasteiger partial charge is 0.445 e. The summed E-state index contributed by atoms with van der Waals surface area (Å²) < 4.78 is 61.4. The first kappa shape index (κ1) is 11.7. The fourth-order valence-electron chi connectivity index (χ4n) is 1.00. The second-order valence-corrected chi connectivity index (χ2v) is 3.11. The van der Waals surface area contributed by atoms with Crippen molar-refractivity contribution in [1.29, 1.82) is 0 Å². The van der Waals surface area contributed by atoms with Crippen LogP contribution in [0.25, 0.3) is 6.08 Å². The van der Waals surface area contributed by atoms with E-state index in [9.17, 15) is 21.7 Å². The molecule has 0 atom stereocenters. The molecule has 1 aromatic carbocycles. The number of hydrogen-bond donors (Lipinski definition) is 0. The van der Waals surface area contributed by atoms with Crippen LogP contribution in [-0.4, -0.2) is 6.98 Å². The maximum Gasteiger partial charge on any atom is 0.502 e. The Kier molecular flexibility index (Phi) is 3.17. The predicted molar refractivity (Wildman–Crippen MR) is 49.2 cm³/mol. The van der Waals surface area contributed by atoms with Crippen LogP contribution in [0.4, 0.5) is 21.7 Å². The fraction of sp³-hybridized carbons (Fsp3) is 0.111. The minimum Gasteiger partial charge on any atom is -0.445 e. The molecule has 0 aliphatic rings. The molecule has 0 aromatic heterocycles. The van der Waals surface area contributed by atoms with Crippen LogP contribution in [-0.2, 0) is 0 Å². The predicted octanol–water partition coefficient (Wildman–Crippen LogP) is 3.67. The van der Waals surface area contributed by atoms with Gasteiger partial charge in [-0.25, -0.2) is 8.78 Å². The Bertz CT molecular complexity index is 394. The molecule has 0 heterocycles. The van der Waals surface area contributed by atoms with E-state index in [2.05, 4.69) is 0 Å². The minimum absolute atomic E-state index is 0.0576. The van der Waals surface area contributed by atoms with Crippen molar-refractivity contribution in [3.63, 3.8) is 0 Å². The highest BCUT2D eigenvalue weighted by molar-refractivity contribution is 6.64. The zero-order valence-corrected chi connectivity index (χ0v) is 7.78. The molecular weight excluding hydrogens is 214 g/mol. The molecule has 0 saturated carbocycles. The number of rotatable bonds is 2. The van der Waals surface area contributed by atoms with Gasteiger partial charge in [0.2, 0.25) is 0 Å². The van der Waals surface area contributed by atoms with Crippen molar-refractivity contribution in [1.82, 2.24) is 0 Å². The van der Waals surface area contributed by atoms with Gasteiger partial charge < -0.3 is 12.9 Å². The van der Waals surface area contributed by atoms with Gasteiger partial charge in [-0.15, -0.1) is 5.98 Å². The number of benzene rings is 1. The number of halogens is 5. The Morgan fingerprint density at radius 1 is 1.07 bits per heavy atom. The van der Waals surface area contributed by atoms with E-state index in [-0.39, 0.29) is 11.5 Å². The third-order valence-corrected chi connectivity index (χ3v) is 1.77. The van der Waals surface area contributed by atoms with E-state index in [1.165, 1.54) is 6.92 Å². The summed E-state index contributed by atoms with van der Waals surface area (Å²) in [4.78, 5) is 0. The lowest BCUT2D eigenvalue weighted by atomic mass is 9.90. The molecule has 15 heavy (non-hydrogen) atoms. The lowest BCUT2D eigenvalue weighted by Crippen LogP contribution is -2.09. The molecule has 1 aromatic rings. The third kappa shape index (κ3) is 3.38. The second-order valence-electron chi connectivity index (χ2n) is 3.11. The van der Waals surface area contributed by atoms with Crippen molar-refractivity contribution >= 4 is 13.1 Å². The van der Waals surface area contributed by atoms with Gasteiger partial charge in [0.15, 0.2) is 0 Å². The summed E-state index contributed by atoms with van der Waals surface area (Å²) in [6.07, 6.45) is 0.526. The Morgan fingerprint density at radius 3 is 2.20 bits per heavy atom. The standard InChI is InChI=1S/C9H7BF5/c1-6-4-9(12)7(5-8(6)11)2-3-10(13,14)15/h2-5H,1H3/q-1/b3-2+. The topological polar surface area (TPSA) is 0 Å². The van der Waals surface area contributed by atoms with E-state index in [4.69, 9.17) is 0 Å². The maximum absolute atomic E-state index is 13.0. The highest BCUT2D eigenvalue weighted by Crippen LogP contribution is 2.18. The molecule has 0 spiro atoms. The lowest BCUT2D eigenvalue weighted by molar-refractivity contribution is 0.499. The Balaban J connectivity index is 3.06. The Hall–Kier alpha value is -1.33. The van der Waals surface area contributed by atoms with Crippen LogP contribution in [0.2, 0.25) is 0 Å². The van der Waals surface area contributed by atoms with Crippen LogP contribution in [0.15, 0.2) is 18.1 Å². The lowest BCUT2D eigenvalue weighted by Gasteiger charge is -2.07. The fourth-order valence-corrected chi connectivity index (χ4v) is 1.00. The zero-order chi connectivity index (χ0) is 11.6. The number of hydrogen-bond acceptors (Lipinski definition) is 0. The molecular formula is C9H7BF5-. The molecule has 0 unspecified atom stereocenters. The maximum atomic E-state index is 13.0. The van der Waals surface area contributed by atoms with E-state index in [0.717, 1.165) is 12.1 Å². The van der Waals surface area contributed by atoms with Gasteiger partial charge in [-0.3, -0.25) is 0 Å². The van der Waals surface area contributed by atoms with Gasteiger partial charge in [0.25, 0.3) is 0 Å². The minimum atomic E-state index is -5.13. The van der Waals surface area contributed by atoms with Gasteiger partial charge >= 0.3 is 6.98 Å². The largest absolute Gasteiger partial charge is 0.502 e. The van der Waals surface area contributed by atoms with E-state index in [0.29, 0.717) is 6.08 Å². The molecule has 0 aliphatic heterocycles. The molecule has 6 heteroatoms. The van der Waals surface area contributed by atoms with Crippen LogP contribution in [0.3, 0.4) is 0 Å². The summed E-state index contributed by atoms with van der Waals surface area (Å²) in [7, 11) is 0. The van der Waals surface area contributed by atoms with Crippen molar-refractivity contribution < 1.29 is 21.7 Å². The van der Waals surface area contributed by atoms with Gasteiger partial charge in [-0.05, 0) is 24.6 Å². The highest BCUT2D eigenvalue weighted by atomic mass is 19.4. The van der Waals surface area contributed by atoms with E-state index >= 15 is 0 Å². The summed E-state index contributed by atoms with van der Waals surface area (Å²) in [5, 5.41) is 0. The quantitative estimate of drug-likeness (QED) is 0.527. The van der Waals surface area contributed by atoms with Crippen LogP contribution in [0, 0.1) is 18.6 Å². The zero-order valence-electron chi connectivity index (χ0n) is 7.78. The summed E-state index contributed by atoms with van der Waals surface area (Å²) in [6.45, 7) is -3.80. The van der Waals surface area contributed by atoms with E-state index < -0.39 is 24.2 Å². The molecule has 0 nitrogen and oxygen atoms in total. The third-order valence-electron chi connectivity index (χ3n) is 1.77. The van der Waals surface area contributed by atoms with Crippen LogP contribution in [0.5, 0.6) is 0 Å². The van der Waals surface area contributed by atoms with E-state index in [1.807, 2.05) is 0 Å². The average Bonchev–Trinajstić information content (AvgIpc) is 2.07. The first-order chi connectivity index (χ1) is 6.79. The second kappa shape index (κ2) is 4.04. The van der Waals surface area contributed by atoms with Gasteiger partial charge in [0.1, 0.15) is 11.6 Å². The summed E-state index contributed by atoms with van der Waals surface area (Å²) in [5.41, 5.74) is -0.348. The molecule has 0 amide bonds. The van der Waals surface area contributed by atoms with Gasteiger partial charge in [-0.1, -0.05) is 6.08 Å². The highest BCUT2D eigenvalue weighted by Gasteiger charge is 2.17. The molecule has 0 radical (unpaired) electrons. The van der Waals surface area contributed by atoms with Crippen molar-refractivity contribution in [2.45, 2.75) is 6.92 Å². The molecule has 0 bridgehead atoms. The van der Waals surface area contributed by atoms with Crippen molar-refractivity contribution in [2.75, 3.05) is 0 Å². The SMILES string of the molecule is Cc1cc(F)c(/C=C/[B-](F)(F)F)cc1F. The van der Waals surface area contributed by atoms with E-state index in [1.54, 1.807) is 0 Å². The first-order valence-corrected chi connectivity index (χ1v) is 4.14. The molecule has 0 N–H and O–H groups in total. The monoisotopic (exact) mass is 221 g/mol. The first-order valence-electron chi connectivity index (χ1n) is 4.14. The van der Waals surface area contributed by atoms with Gasteiger partial charge in [0.05, 0.1) is 0 Å². The average molecular weight is 221 g/mol. The molecule has 0 fully saturated rings. The van der Waals surface area contributed by atoms with Crippen LogP contribution >= 0.6 is 0 Å². The summed E-state index contributed by atoms with van der Waals surface area (Å²) >= 11 is 0. The number of aryl methyl sites for hydroxylation is 1. The summed E-state index contributed by atoms with van der Waals surface area (Å²) in [5.74, 6) is -1.68. The Morgan fingerprint density at radius 2 is 1.67 bits per heavy atom. The Labute approximate surface area is 83.5 Å². The molecule has 0 saturated heterocycles. The van der Waals surface area contributed by atoms with Crippen molar-refractivity contribution in [3.05, 3.63) is 40.9 Å². The van der Waals surface area contributed by atoms with Gasteiger partial charge in [0, 0.05) is 5.56 Å². The van der Waals surface area contributed by atoms with Crippen LogP contribution < -0.4 is 0 Å². The van der Waals surface area contributed by atoms with Gasteiger partial charge in [-0.2, -0.15) is 0 Å². The molecule has 82 valence electrons. The van der Waals surface area contributed by atoms with Crippen molar-refractivity contribution in [2.24, 2.45) is 0 Å². The summed E-state index contributed by atoms with van der Waals surface area (Å²) in [6, 6.07) is 1.60. The molecule has 0 aliphatic carbocycles. The van der Waals surface area contributed by atoms with Crippen LogP contribution in [0.1, 0.15) is 11.1 Å². The molecule has 1 rings (SSSR count).